The molecule has 6 heteroatoms. The Bertz CT molecular complexity index is 492. The van der Waals surface area contributed by atoms with Crippen molar-refractivity contribution >= 4 is 9.84 Å². The number of nitrogens with two attached hydrogens (primary N) is 1. The van der Waals surface area contributed by atoms with Gasteiger partial charge in [-0.3, -0.25) is 0 Å². The van der Waals surface area contributed by atoms with Crippen molar-refractivity contribution in [3.63, 3.8) is 0 Å². The first-order valence-electron chi connectivity index (χ1n) is 6.33. The van der Waals surface area contributed by atoms with Crippen LogP contribution in [-0.4, -0.2) is 40.1 Å². The van der Waals surface area contributed by atoms with Crippen molar-refractivity contribution in [2.75, 3.05) is 25.6 Å². The first kappa shape index (κ1) is 14.5. The minimum atomic E-state index is -3.28. The SMILES string of the molecule is NCc1ccc(S(=O)(=O)CCOC2CCOC2)cc1. The maximum Gasteiger partial charge on any atom is 0.180 e. The fourth-order valence-corrected chi connectivity index (χ4v) is 3.02. The Kier molecular flexibility index (Phi) is 4.93. The van der Waals surface area contributed by atoms with Gasteiger partial charge in [-0.1, -0.05) is 12.1 Å². The van der Waals surface area contributed by atoms with Gasteiger partial charge in [-0.2, -0.15) is 0 Å². The normalized spacial score (nSPS) is 19.7. The average Bonchev–Trinajstić information content (AvgIpc) is 2.92. The van der Waals surface area contributed by atoms with Crippen LogP contribution < -0.4 is 5.73 Å². The van der Waals surface area contributed by atoms with E-state index in [0.29, 0.717) is 24.7 Å². The third-order valence-electron chi connectivity index (χ3n) is 3.11. The van der Waals surface area contributed by atoms with E-state index in [1.165, 1.54) is 0 Å². The third-order valence-corrected chi connectivity index (χ3v) is 4.81. The molecule has 0 saturated carbocycles. The van der Waals surface area contributed by atoms with Gasteiger partial charge in [-0.25, -0.2) is 8.42 Å². The standard InChI is InChI=1S/C13H19NO4S/c14-9-11-1-3-13(4-2-11)19(15,16)8-7-18-12-5-6-17-10-12/h1-4,12H,5-10,14H2. The first-order chi connectivity index (χ1) is 9.12. The average molecular weight is 285 g/mol. The number of benzene rings is 1. The van der Waals surface area contributed by atoms with E-state index in [9.17, 15) is 8.42 Å². The molecule has 19 heavy (non-hydrogen) atoms. The predicted molar refractivity (Wildman–Crippen MR) is 71.6 cm³/mol. The molecule has 1 saturated heterocycles. The molecule has 1 fully saturated rings. The second-order valence-corrected chi connectivity index (χ2v) is 6.63. The van der Waals surface area contributed by atoms with E-state index in [4.69, 9.17) is 15.2 Å². The van der Waals surface area contributed by atoms with Crippen molar-refractivity contribution in [3.05, 3.63) is 29.8 Å². The monoisotopic (exact) mass is 285 g/mol. The first-order valence-corrected chi connectivity index (χ1v) is 7.98. The topological polar surface area (TPSA) is 78.6 Å². The number of ether oxygens (including phenoxy) is 2. The molecule has 0 aliphatic carbocycles. The summed E-state index contributed by atoms with van der Waals surface area (Å²) in [7, 11) is -3.28. The second kappa shape index (κ2) is 6.47. The van der Waals surface area contributed by atoms with E-state index in [0.717, 1.165) is 12.0 Å². The Morgan fingerprint density at radius 1 is 1.32 bits per heavy atom. The molecule has 106 valence electrons. The van der Waals surface area contributed by atoms with Crippen LogP contribution in [0.2, 0.25) is 0 Å². The maximum atomic E-state index is 12.1. The van der Waals surface area contributed by atoms with Gasteiger partial charge < -0.3 is 15.2 Å². The van der Waals surface area contributed by atoms with Crippen molar-refractivity contribution in [1.29, 1.82) is 0 Å². The lowest BCUT2D eigenvalue weighted by Crippen LogP contribution is -2.19. The van der Waals surface area contributed by atoms with Crippen LogP contribution in [0.1, 0.15) is 12.0 Å². The van der Waals surface area contributed by atoms with Gasteiger partial charge in [-0.15, -0.1) is 0 Å². The van der Waals surface area contributed by atoms with Crippen LogP contribution in [0.25, 0.3) is 0 Å². The molecule has 5 nitrogen and oxygen atoms in total. The molecule has 0 bridgehead atoms. The predicted octanol–water partition coefficient (Wildman–Crippen LogP) is 0.724. The Labute approximate surface area is 113 Å². The van der Waals surface area contributed by atoms with Crippen molar-refractivity contribution in [2.45, 2.75) is 24.0 Å². The molecule has 1 unspecified atom stereocenters. The van der Waals surface area contributed by atoms with E-state index in [1.54, 1.807) is 24.3 Å². The summed E-state index contributed by atoms with van der Waals surface area (Å²) in [6.07, 6.45) is 0.875. The maximum absolute atomic E-state index is 12.1. The van der Waals surface area contributed by atoms with Crippen molar-refractivity contribution in [1.82, 2.24) is 0 Å². The van der Waals surface area contributed by atoms with Crippen LogP contribution in [0, 0.1) is 0 Å². The lowest BCUT2D eigenvalue weighted by molar-refractivity contribution is 0.0520. The van der Waals surface area contributed by atoms with E-state index in [1.807, 2.05) is 0 Å². The number of hydrogen-bond donors (Lipinski definition) is 1. The van der Waals surface area contributed by atoms with Crippen LogP contribution >= 0.6 is 0 Å². The molecule has 0 radical (unpaired) electrons. The van der Waals surface area contributed by atoms with E-state index >= 15 is 0 Å². The highest BCUT2D eigenvalue weighted by Crippen LogP contribution is 2.13. The van der Waals surface area contributed by atoms with Gasteiger partial charge in [0.2, 0.25) is 0 Å². The molecule has 2 rings (SSSR count). The summed E-state index contributed by atoms with van der Waals surface area (Å²) in [5.74, 6) is -0.00846. The lowest BCUT2D eigenvalue weighted by atomic mass is 10.2. The minimum absolute atomic E-state index is 0.00846. The summed E-state index contributed by atoms with van der Waals surface area (Å²) in [6, 6.07) is 6.66. The number of hydrogen-bond acceptors (Lipinski definition) is 5. The molecular formula is C13H19NO4S. The number of sulfone groups is 1. The zero-order valence-electron chi connectivity index (χ0n) is 10.7. The Hall–Kier alpha value is -0.950. The van der Waals surface area contributed by atoms with Crippen LogP contribution in [0.5, 0.6) is 0 Å². The molecule has 2 N–H and O–H groups in total. The molecular weight excluding hydrogens is 266 g/mol. The van der Waals surface area contributed by atoms with Crippen LogP contribution in [-0.2, 0) is 25.9 Å². The summed E-state index contributed by atoms with van der Waals surface area (Å²) in [6.45, 7) is 1.86. The van der Waals surface area contributed by atoms with Crippen LogP contribution in [0.4, 0.5) is 0 Å². The quantitative estimate of drug-likeness (QED) is 0.833. The molecule has 1 aliphatic rings. The van der Waals surface area contributed by atoms with Gasteiger partial charge in [0.05, 0.1) is 30.0 Å². The fourth-order valence-electron chi connectivity index (χ4n) is 1.92. The highest BCUT2D eigenvalue weighted by molar-refractivity contribution is 7.91. The van der Waals surface area contributed by atoms with E-state index in [-0.39, 0.29) is 18.5 Å². The number of rotatable bonds is 6. The Balaban J connectivity index is 1.89. The summed E-state index contributed by atoms with van der Waals surface area (Å²) in [4.78, 5) is 0.316. The smallest absolute Gasteiger partial charge is 0.180 e. The minimum Gasteiger partial charge on any atom is -0.379 e. The van der Waals surface area contributed by atoms with Gasteiger partial charge >= 0.3 is 0 Å². The molecule has 1 aliphatic heterocycles. The second-order valence-electron chi connectivity index (χ2n) is 4.52. The molecule has 0 amide bonds. The highest BCUT2D eigenvalue weighted by atomic mass is 32.2. The van der Waals surface area contributed by atoms with Crippen molar-refractivity contribution in [2.24, 2.45) is 5.73 Å². The van der Waals surface area contributed by atoms with Crippen LogP contribution in [0.3, 0.4) is 0 Å². The zero-order chi connectivity index (χ0) is 13.7. The van der Waals surface area contributed by atoms with Crippen LogP contribution in [0.15, 0.2) is 29.2 Å². The molecule has 0 spiro atoms. The molecule has 1 aromatic rings. The van der Waals surface area contributed by atoms with Gasteiger partial charge in [-0.05, 0) is 24.1 Å². The summed E-state index contributed by atoms with van der Waals surface area (Å²) in [5.41, 5.74) is 6.39. The Morgan fingerprint density at radius 3 is 2.63 bits per heavy atom. The third kappa shape index (κ3) is 4.01. The summed E-state index contributed by atoms with van der Waals surface area (Å²) in [5, 5.41) is 0. The lowest BCUT2D eigenvalue weighted by Gasteiger charge is -2.10. The van der Waals surface area contributed by atoms with Gasteiger partial charge in [0.25, 0.3) is 0 Å². The highest BCUT2D eigenvalue weighted by Gasteiger charge is 2.19. The zero-order valence-corrected chi connectivity index (χ0v) is 11.6. The fraction of sp³-hybridized carbons (Fsp3) is 0.538. The summed E-state index contributed by atoms with van der Waals surface area (Å²) >= 11 is 0. The largest absolute Gasteiger partial charge is 0.379 e. The molecule has 1 atom stereocenters. The van der Waals surface area contributed by atoms with E-state index in [2.05, 4.69) is 0 Å². The van der Waals surface area contributed by atoms with Gasteiger partial charge in [0.1, 0.15) is 0 Å². The Morgan fingerprint density at radius 2 is 2.05 bits per heavy atom. The summed E-state index contributed by atoms with van der Waals surface area (Å²) < 4.78 is 34.8. The van der Waals surface area contributed by atoms with Crippen molar-refractivity contribution < 1.29 is 17.9 Å². The van der Waals surface area contributed by atoms with Gasteiger partial charge in [0.15, 0.2) is 9.84 Å². The van der Waals surface area contributed by atoms with Gasteiger partial charge in [0, 0.05) is 13.2 Å². The van der Waals surface area contributed by atoms with Crippen molar-refractivity contribution in [3.8, 4) is 0 Å². The molecule has 1 aromatic carbocycles. The van der Waals surface area contributed by atoms with E-state index < -0.39 is 9.84 Å². The molecule has 0 aromatic heterocycles. The molecule has 1 heterocycles.